The van der Waals surface area contributed by atoms with Crippen LogP contribution < -0.4 is 0 Å². The number of hydrogen-bond acceptors (Lipinski definition) is 1. The van der Waals surface area contributed by atoms with Crippen LogP contribution in [0.15, 0.2) is 18.2 Å². The number of aromatic nitrogens is 1. The zero-order valence-corrected chi connectivity index (χ0v) is 10.5. The molecule has 3 heteroatoms. The van der Waals surface area contributed by atoms with Crippen molar-refractivity contribution in [2.24, 2.45) is 0 Å². The maximum absolute atomic E-state index is 11.0. The molecule has 1 aliphatic rings. The summed E-state index contributed by atoms with van der Waals surface area (Å²) in [5, 5.41) is 10.3. The highest BCUT2D eigenvalue weighted by Gasteiger charge is 2.26. The predicted molar refractivity (Wildman–Crippen MR) is 71.0 cm³/mol. The summed E-state index contributed by atoms with van der Waals surface area (Å²) in [4.78, 5) is 14.4. The molecule has 94 valence electrons. The minimum atomic E-state index is -0.699. The second-order valence-corrected chi connectivity index (χ2v) is 5.25. The average Bonchev–Trinajstić information content (AvgIpc) is 2.67. The average molecular weight is 243 g/mol. The Kier molecular flexibility index (Phi) is 2.62. The fraction of sp³-hybridized carbons (Fsp3) is 0.400. The third-order valence-electron chi connectivity index (χ3n) is 3.88. The van der Waals surface area contributed by atoms with Crippen LogP contribution in [0.1, 0.15) is 42.0 Å². The first-order valence-corrected chi connectivity index (χ1v) is 6.48. The molecule has 1 heterocycles. The van der Waals surface area contributed by atoms with Crippen LogP contribution in [0, 0.1) is 6.92 Å². The molecule has 0 radical (unpaired) electrons. The maximum atomic E-state index is 11.0. The van der Waals surface area contributed by atoms with Gasteiger partial charge in [-0.15, -0.1) is 0 Å². The van der Waals surface area contributed by atoms with Crippen molar-refractivity contribution in [1.29, 1.82) is 0 Å². The van der Waals surface area contributed by atoms with Crippen molar-refractivity contribution >= 4 is 16.9 Å². The van der Waals surface area contributed by atoms with Gasteiger partial charge in [0, 0.05) is 16.6 Å². The number of aromatic amines is 1. The molecule has 2 N–H and O–H groups in total. The van der Waals surface area contributed by atoms with Crippen LogP contribution in [-0.4, -0.2) is 16.1 Å². The predicted octanol–water partition coefficient (Wildman–Crippen LogP) is 3.37. The Morgan fingerprint density at radius 3 is 3.11 bits per heavy atom. The summed E-state index contributed by atoms with van der Waals surface area (Å²) in [7, 11) is 0. The molecule has 2 aromatic rings. The molecule has 1 unspecified atom stereocenters. The number of fused-ring (bicyclic) bond motifs is 3. The van der Waals surface area contributed by atoms with Crippen molar-refractivity contribution in [1.82, 2.24) is 4.98 Å². The second kappa shape index (κ2) is 4.16. The van der Waals surface area contributed by atoms with Crippen LogP contribution in [0.2, 0.25) is 0 Å². The number of hydrogen-bond donors (Lipinski definition) is 2. The molecule has 1 atom stereocenters. The fourth-order valence-electron chi connectivity index (χ4n) is 3.13. The van der Waals surface area contributed by atoms with Crippen LogP contribution in [0.3, 0.4) is 0 Å². The minimum absolute atomic E-state index is 0.168. The summed E-state index contributed by atoms with van der Waals surface area (Å²) >= 11 is 0. The van der Waals surface area contributed by atoms with E-state index in [1.807, 2.05) is 0 Å². The summed E-state index contributed by atoms with van der Waals surface area (Å²) in [6.45, 7) is 2.08. The van der Waals surface area contributed by atoms with Crippen molar-refractivity contribution in [3.05, 3.63) is 35.0 Å². The summed E-state index contributed by atoms with van der Waals surface area (Å²) in [5.41, 5.74) is 4.86. The highest BCUT2D eigenvalue weighted by atomic mass is 16.4. The van der Waals surface area contributed by atoms with E-state index in [2.05, 4.69) is 30.1 Å². The van der Waals surface area contributed by atoms with Crippen LogP contribution in [-0.2, 0) is 11.2 Å². The number of rotatable bonds is 2. The van der Waals surface area contributed by atoms with E-state index in [1.165, 1.54) is 22.2 Å². The van der Waals surface area contributed by atoms with Gasteiger partial charge in [0.1, 0.15) is 0 Å². The number of aliphatic carboxylic acids is 1. The van der Waals surface area contributed by atoms with Crippen LogP contribution >= 0.6 is 0 Å². The van der Waals surface area contributed by atoms with Crippen molar-refractivity contribution < 1.29 is 9.90 Å². The monoisotopic (exact) mass is 243 g/mol. The van der Waals surface area contributed by atoms with E-state index < -0.39 is 5.97 Å². The van der Waals surface area contributed by atoms with Crippen molar-refractivity contribution in [3.63, 3.8) is 0 Å². The summed E-state index contributed by atoms with van der Waals surface area (Å²) in [5.74, 6) is -0.531. The quantitative estimate of drug-likeness (QED) is 0.849. The zero-order valence-electron chi connectivity index (χ0n) is 10.5. The van der Waals surface area contributed by atoms with Gasteiger partial charge in [-0.05, 0) is 49.8 Å². The smallest absolute Gasteiger partial charge is 0.303 e. The van der Waals surface area contributed by atoms with Gasteiger partial charge in [0.05, 0.1) is 6.42 Å². The molecule has 18 heavy (non-hydrogen) atoms. The number of carbonyl (C=O) groups is 1. The highest BCUT2D eigenvalue weighted by Crippen LogP contribution is 2.39. The van der Waals surface area contributed by atoms with Gasteiger partial charge in [0.15, 0.2) is 0 Å². The summed E-state index contributed by atoms with van der Waals surface area (Å²) in [6.07, 6.45) is 3.35. The molecule has 3 nitrogen and oxygen atoms in total. The lowest BCUT2D eigenvalue weighted by Crippen LogP contribution is -2.12. The number of aryl methyl sites for hydroxylation is 2. The minimum Gasteiger partial charge on any atom is -0.481 e. The maximum Gasteiger partial charge on any atom is 0.303 e. The number of H-pyrrole nitrogens is 1. The first-order valence-electron chi connectivity index (χ1n) is 6.48. The molecular weight excluding hydrogens is 226 g/mol. The van der Waals surface area contributed by atoms with Gasteiger partial charge in [-0.2, -0.15) is 0 Å². The van der Waals surface area contributed by atoms with E-state index in [4.69, 9.17) is 5.11 Å². The van der Waals surface area contributed by atoms with E-state index >= 15 is 0 Å². The van der Waals surface area contributed by atoms with Gasteiger partial charge in [-0.3, -0.25) is 4.79 Å². The summed E-state index contributed by atoms with van der Waals surface area (Å²) in [6, 6.07) is 6.36. The van der Waals surface area contributed by atoms with Gasteiger partial charge in [-0.25, -0.2) is 0 Å². The Labute approximate surface area is 106 Å². The lowest BCUT2D eigenvalue weighted by Gasteiger charge is -2.21. The lowest BCUT2D eigenvalue weighted by molar-refractivity contribution is -0.137. The Hall–Kier alpha value is -1.77. The number of nitrogens with one attached hydrogen (secondary N) is 1. The van der Waals surface area contributed by atoms with E-state index in [0.717, 1.165) is 24.8 Å². The molecule has 3 rings (SSSR count). The van der Waals surface area contributed by atoms with Crippen LogP contribution in [0.25, 0.3) is 10.9 Å². The summed E-state index contributed by atoms with van der Waals surface area (Å²) < 4.78 is 0. The molecule has 0 spiro atoms. The first kappa shape index (κ1) is 11.3. The van der Waals surface area contributed by atoms with Gasteiger partial charge in [0.25, 0.3) is 0 Å². The molecule has 1 aromatic heterocycles. The van der Waals surface area contributed by atoms with Crippen LogP contribution in [0.5, 0.6) is 0 Å². The van der Waals surface area contributed by atoms with Gasteiger partial charge >= 0.3 is 5.97 Å². The highest BCUT2D eigenvalue weighted by molar-refractivity contribution is 5.87. The third-order valence-corrected chi connectivity index (χ3v) is 3.88. The molecule has 0 bridgehead atoms. The van der Waals surface area contributed by atoms with Crippen molar-refractivity contribution in [2.45, 2.75) is 38.5 Å². The Morgan fingerprint density at radius 2 is 2.33 bits per heavy atom. The van der Waals surface area contributed by atoms with Gasteiger partial charge < -0.3 is 10.1 Å². The van der Waals surface area contributed by atoms with Crippen molar-refractivity contribution in [3.8, 4) is 0 Å². The van der Waals surface area contributed by atoms with Crippen molar-refractivity contribution in [2.75, 3.05) is 0 Å². The van der Waals surface area contributed by atoms with Crippen LogP contribution in [0.4, 0.5) is 0 Å². The number of carboxylic acid groups (broad SMARTS) is 1. The topological polar surface area (TPSA) is 53.1 Å². The Morgan fingerprint density at radius 1 is 1.50 bits per heavy atom. The molecular formula is C15H17NO2. The molecule has 1 aliphatic carbocycles. The molecule has 0 saturated heterocycles. The number of benzene rings is 1. The van der Waals surface area contributed by atoms with E-state index in [0.29, 0.717) is 0 Å². The fourth-order valence-corrected chi connectivity index (χ4v) is 3.13. The Bertz CT molecular complexity index is 612. The molecule has 0 fully saturated rings. The molecule has 0 amide bonds. The SMILES string of the molecule is Cc1ccc2[nH]c3c(c2c1)C(CC(=O)O)CCC3. The third kappa shape index (κ3) is 1.80. The largest absolute Gasteiger partial charge is 0.481 e. The Balaban J connectivity index is 2.16. The number of carboxylic acids is 1. The van der Waals surface area contributed by atoms with Gasteiger partial charge in [-0.1, -0.05) is 11.6 Å². The van der Waals surface area contributed by atoms with E-state index in [9.17, 15) is 4.79 Å². The zero-order chi connectivity index (χ0) is 12.7. The standard InChI is InChI=1S/C15H17NO2/c1-9-5-6-12-11(7-9)15-10(8-14(17)18)3-2-4-13(15)16-12/h5-7,10,16H,2-4,8H2,1H3,(H,17,18). The van der Waals surface area contributed by atoms with E-state index in [-0.39, 0.29) is 12.3 Å². The normalized spacial score (nSPS) is 18.8. The molecule has 0 saturated carbocycles. The lowest BCUT2D eigenvalue weighted by atomic mass is 9.83. The second-order valence-electron chi connectivity index (χ2n) is 5.25. The van der Waals surface area contributed by atoms with E-state index in [1.54, 1.807) is 0 Å². The van der Waals surface area contributed by atoms with Gasteiger partial charge in [0.2, 0.25) is 0 Å². The molecule has 0 aliphatic heterocycles. The molecule has 1 aromatic carbocycles. The first-order chi connectivity index (χ1) is 8.65.